The van der Waals surface area contributed by atoms with Gasteiger partial charge in [-0.1, -0.05) is 0 Å². The normalized spacial score (nSPS) is 12.4. The summed E-state index contributed by atoms with van der Waals surface area (Å²) in [6.07, 6.45) is -2.58. The predicted octanol–water partition coefficient (Wildman–Crippen LogP) is 2.99. The Kier molecular flexibility index (Phi) is 3.93. The molecule has 102 valence electrons. The molecule has 19 heavy (non-hydrogen) atoms. The SMILES string of the molecule is CN=NCn1nc(Cc2nccs2)cc1C(F)(F)F. The number of alkyl halides is 3. The number of nitrogens with zero attached hydrogens (tertiary/aromatic N) is 5. The van der Waals surface area contributed by atoms with Gasteiger partial charge in [-0.25, -0.2) is 9.67 Å². The molecule has 0 spiro atoms. The molecule has 0 radical (unpaired) electrons. The summed E-state index contributed by atoms with van der Waals surface area (Å²) in [7, 11) is 1.40. The molecule has 0 N–H and O–H groups in total. The number of azo groups is 1. The lowest BCUT2D eigenvalue weighted by Gasteiger charge is -2.06. The maximum atomic E-state index is 12.8. The predicted molar refractivity (Wildman–Crippen MR) is 62.9 cm³/mol. The summed E-state index contributed by atoms with van der Waals surface area (Å²) in [5, 5.41) is 13.3. The van der Waals surface area contributed by atoms with Crippen LogP contribution in [0, 0.1) is 0 Å². The number of hydrogen-bond donors (Lipinski definition) is 0. The van der Waals surface area contributed by atoms with Crippen molar-refractivity contribution in [2.75, 3.05) is 7.05 Å². The van der Waals surface area contributed by atoms with E-state index in [4.69, 9.17) is 0 Å². The fraction of sp³-hybridized carbons (Fsp3) is 0.400. The molecule has 0 aliphatic rings. The Morgan fingerprint density at radius 3 is 2.79 bits per heavy atom. The summed E-state index contributed by atoms with van der Waals surface area (Å²) in [6, 6.07) is 1.02. The monoisotopic (exact) mass is 289 g/mol. The zero-order valence-electron chi connectivity index (χ0n) is 9.92. The van der Waals surface area contributed by atoms with E-state index in [9.17, 15) is 13.2 Å². The topological polar surface area (TPSA) is 55.4 Å². The molecule has 0 amide bonds. The highest BCUT2D eigenvalue weighted by molar-refractivity contribution is 7.09. The van der Waals surface area contributed by atoms with Crippen LogP contribution in [0.4, 0.5) is 13.2 Å². The number of thiazole rings is 1. The second-order valence-corrected chi connectivity index (χ2v) is 4.58. The molecule has 5 nitrogen and oxygen atoms in total. The van der Waals surface area contributed by atoms with Gasteiger partial charge in [0.25, 0.3) is 0 Å². The average molecular weight is 289 g/mol. The van der Waals surface area contributed by atoms with Crippen molar-refractivity contribution in [2.45, 2.75) is 19.3 Å². The van der Waals surface area contributed by atoms with Crippen molar-refractivity contribution < 1.29 is 13.2 Å². The second kappa shape index (κ2) is 5.47. The van der Waals surface area contributed by atoms with Gasteiger partial charge >= 0.3 is 6.18 Å². The van der Waals surface area contributed by atoms with Gasteiger partial charge in [-0.15, -0.1) is 11.3 Å². The molecular formula is C10H10F3N5S. The number of hydrogen-bond acceptors (Lipinski definition) is 5. The van der Waals surface area contributed by atoms with Gasteiger partial charge in [-0.3, -0.25) is 0 Å². The van der Waals surface area contributed by atoms with Crippen molar-refractivity contribution in [3.05, 3.63) is 34.0 Å². The van der Waals surface area contributed by atoms with E-state index in [1.807, 2.05) is 0 Å². The van der Waals surface area contributed by atoms with Crippen LogP contribution in [0.15, 0.2) is 27.9 Å². The standard InChI is InChI=1S/C10H10F3N5S/c1-14-16-6-18-8(10(11,12)13)4-7(17-18)5-9-15-2-3-19-9/h2-4H,5-6H2,1H3. The molecule has 0 saturated carbocycles. The summed E-state index contributed by atoms with van der Waals surface area (Å²) in [5.41, 5.74) is -0.514. The Balaban J connectivity index is 2.28. The van der Waals surface area contributed by atoms with Gasteiger partial charge in [-0.05, 0) is 6.07 Å². The molecule has 2 heterocycles. The fourth-order valence-corrected chi connectivity index (χ4v) is 2.14. The summed E-state index contributed by atoms with van der Waals surface area (Å²) in [4.78, 5) is 4.02. The van der Waals surface area contributed by atoms with E-state index in [-0.39, 0.29) is 13.1 Å². The molecule has 2 rings (SSSR count). The van der Waals surface area contributed by atoms with Crippen LogP contribution >= 0.6 is 11.3 Å². The van der Waals surface area contributed by atoms with Crippen molar-refractivity contribution in [3.8, 4) is 0 Å². The van der Waals surface area contributed by atoms with E-state index >= 15 is 0 Å². The minimum atomic E-state index is -4.46. The first-order valence-electron chi connectivity index (χ1n) is 5.28. The maximum absolute atomic E-state index is 12.8. The smallest absolute Gasteiger partial charge is 0.249 e. The lowest BCUT2D eigenvalue weighted by Crippen LogP contribution is -2.13. The number of rotatable bonds is 4. The third-order valence-electron chi connectivity index (χ3n) is 2.28. The Morgan fingerprint density at radius 1 is 1.42 bits per heavy atom. The quantitative estimate of drug-likeness (QED) is 0.812. The van der Waals surface area contributed by atoms with Crippen molar-refractivity contribution in [1.29, 1.82) is 0 Å². The van der Waals surface area contributed by atoms with Gasteiger partial charge in [-0.2, -0.15) is 28.5 Å². The van der Waals surface area contributed by atoms with Crippen LogP contribution < -0.4 is 0 Å². The summed E-state index contributed by atoms with van der Waals surface area (Å²) < 4.78 is 39.3. The molecule has 0 atom stereocenters. The van der Waals surface area contributed by atoms with Crippen LogP contribution in [0.1, 0.15) is 16.4 Å². The lowest BCUT2D eigenvalue weighted by molar-refractivity contribution is -0.144. The Labute approximate surface area is 110 Å². The lowest BCUT2D eigenvalue weighted by atomic mass is 10.3. The Bertz CT molecular complexity index is 558. The Hall–Kier alpha value is -1.77. The zero-order chi connectivity index (χ0) is 13.9. The zero-order valence-corrected chi connectivity index (χ0v) is 10.7. The van der Waals surface area contributed by atoms with Gasteiger partial charge in [0.05, 0.1) is 10.7 Å². The second-order valence-electron chi connectivity index (χ2n) is 3.60. The summed E-state index contributed by atoms with van der Waals surface area (Å²) in [5.74, 6) is 0. The van der Waals surface area contributed by atoms with Crippen molar-refractivity contribution in [2.24, 2.45) is 10.2 Å². The maximum Gasteiger partial charge on any atom is 0.433 e. The minimum Gasteiger partial charge on any atom is -0.249 e. The van der Waals surface area contributed by atoms with E-state index in [0.717, 1.165) is 15.8 Å². The van der Waals surface area contributed by atoms with Crippen LogP contribution in [0.5, 0.6) is 0 Å². The average Bonchev–Trinajstić information content (AvgIpc) is 2.95. The minimum absolute atomic E-state index is 0.247. The van der Waals surface area contributed by atoms with E-state index in [1.54, 1.807) is 11.6 Å². The van der Waals surface area contributed by atoms with Gasteiger partial charge in [0, 0.05) is 25.0 Å². The first-order valence-corrected chi connectivity index (χ1v) is 6.16. The van der Waals surface area contributed by atoms with Crippen molar-refractivity contribution >= 4 is 11.3 Å². The molecular weight excluding hydrogens is 279 g/mol. The van der Waals surface area contributed by atoms with Gasteiger partial charge in [0.2, 0.25) is 0 Å². The fourth-order valence-electron chi connectivity index (χ4n) is 1.51. The Morgan fingerprint density at radius 2 is 2.21 bits per heavy atom. The van der Waals surface area contributed by atoms with E-state index in [0.29, 0.717) is 5.69 Å². The molecule has 0 aliphatic heterocycles. The van der Waals surface area contributed by atoms with Gasteiger partial charge in [0.15, 0.2) is 6.67 Å². The van der Waals surface area contributed by atoms with Gasteiger partial charge in [0.1, 0.15) is 5.69 Å². The van der Waals surface area contributed by atoms with Crippen LogP contribution in [-0.2, 0) is 19.3 Å². The number of halogens is 3. The summed E-state index contributed by atoms with van der Waals surface area (Å²) in [6.45, 7) is -0.247. The third kappa shape index (κ3) is 3.37. The van der Waals surface area contributed by atoms with Crippen molar-refractivity contribution in [1.82, 2.24) is 14.8 Å². The number of aromatic nitrogens is 3. The highest BCUT2D eigenvalue weighted by Crippen LogP contribution is 2.30. The molecule has 2 aromatic heterocycles. The highest BCUT2D eigenvalue weighted by atomic mass is 32.1. The highest BCUT2D eigenvalue weighted by Gasteiger charge is 2.35. The molecule has 0 bridgehead atoms. The van der Waals surface area contributed by atoms with Gasteiger partial charge < -0.3 is 0 Å². The molecule has 0 aromatic carbocycles. The molecule has 2 aromatic rings. The molecule has 0 fully saturated rings. The molecule has 0 aliphatic carbocycles. The van der Waals surface area contributed by atoms with E-state index in [1.165, 1.54) is 18.4 Å². The third-order valence-corrected chi connectivity index (χ3v) is 3.06. The van der Waals surface area contributed by atoms with Crippen LogP contribution in [0.3, 0.4) is 0 Å². The molecule has 0 saturated heterocycles. The van der Waals surface area contributed by atoms with E-state index < -0.39 is 11.9 Å². The largest absolute Gasteiger partial charge is 0.433 e. The molecule has 9 heteroatoms. The first-order chi connectivity index (χ1) is 9.00. The first kappa shape index (κ1) is 13.7. The van der Waals surface area contributed by atoms with Crippen LogP contribution in [-0.4, -0.2) is 21.8 Å². The van der Waals surface area contributed by atoms with Crippen LogP contribution in [0.2, 0.25) is 0 Å². The molecule has 0 unspecified atom stereocenters. The van der Waals surface area contributed by atoms with E-state index in [2.05, 4.69) is 20.3 Å². The van der Waals surface area contributed by atoms with Crippen molar-refractivity contribution in [3.63, 3.8) is 0 Å². The summed E-state index contributed by atoms with van der Waals surface area (Å²) >= 11 is 1.37. The van der Waals surface area contributed by atoms with Crippen LogP contribution in [0.25, 0.3) is 0 Å².